The first-order chi connectivity index (χ1) is 11.0. The van der Waals surface area contributed by atoms with E-state index in [9.17, 15) is 12.8 Å². The molecule has 7 nitrogen and oxygen atoms in total. The molecular formula is C14H12FN5O2S. The van der Waals surface area contributed by atoms with Crippen LogP contribution >= 0.6 is 0 Å². The van der Waals surface area contributed by atoms with Gasteiger partial charge in [-0.15, -0.1) is 0 Å². The van der Waals surface area contributed by atoms with Crippen LogP contribution in [0.3, 0.4) is 0 Å². The topological polar surface area (TPSA) is 89.8 Å². The van der Waals surface area contributed by atoms with Crippen molar-refractivity contribution in [3.05, 3.63) is 60.6 Å². The van der Waals surface area contributed by atoms with Crippen LogP contribution in [-0.4, -0.2) is 28.2 Å². The lowest BCUT2D eigenvalue weighted by Gasteiger charge is -2.11. The Labute approximate surface area is 131 Å². The Morgan fingerprint density at radius 2 is 2.09 bits per heavy atom. The second-order valence-corrected chi connectivity index (χ2v) is 6.41. The lowest BCUT2D eigenvalue weighted by Crippen LogP contribution is -2.15. The Morgan fingerprint density at radius 3 is 2.78 bits per heavy atom. The number of aromatic nitrogens is 4. The van der Waals surface area contributed by atoms with Crippen molar-refractivity contribution in [3.8, 4) is 5.82 Å². The maximum atomic E-state index is 13.6. The van der Waals surface area contributed by atoms with Gasteiger partial charge in [0, 0.05) is 6.20 Å². The van der Waals surface area contributed by atoms with Crippen molar-refractivity contribution in [1.82, 2.24) is 19.7 Å². The van der Waals surface area contributed by atoms with Crippen molar-refractivity contribution in [1.29, 1.82) is 0 Å². The summed E-state index contributed by atoms with van der Waals surface area (Å²) in [4.78, 5) is 7.72. The average Bonchev–Trinajstić information content (AvgIpc) is 3.04. The molecule has 0 saturated carbocycles. The summed E-state index contributed by atoms with van der Waals surface area (Å²) < 4.78 is 42.2. The second-order valence-electron chi connectivity index (χ2n) is 4.73. The molecule has 3 aromatic rings. The fraction of sp³-hybridized carbons (Fsp3) is 0.0714. The number of pyridine rings is 1. The van der Waals surface area contributed by atoms with E-state index in [4.69, 9.17) is 0 Å². The van der Waals surface area contributed by atoms with E-state index in [0.717, 1.165) is 6.07 Å². The molecule has 3 rings (SSSR count). The van der Waals surface area contributed by atoms with Crippen LogP contribution in [0.1, 0.15) is 5.56 Å². The van der Waals surface area contributed by atoms with Crippen LogP contribution in [0.15, 0.2) is 54.1 Å². The van der Waals surface area contributed by atoms with Gasteiger partial charge in [-0.25, -0.2) is 27.5 Å². The van der Waals surface area contributed by atoms with E-state index in [2.05, 4.69) is 19.8 Å². The molecule has 0 unspecified atom stereocenters. The van der Waals surface area contributed by atoms with Crippen LogP contribution in [0.4, 0.5) is 10.1 Å². The lowest BCUT2D eigenvalue weighted by atomic mass is 10.2. The molecule has 0 fully saturated rings. The largest absolute Gasteiger partial charge is 0.276 e. The van der Waals surface area contributed by atoms with Crippen molar-refractivity contribution < 1.29 is 12.8 Å². The van der Waals surface area contributed by atoms with Gasteiger partial charge in [0.05, 0.1) is 10.6 Å². The highest BCUT2D eigenvalue weighted by molar-refractivity contribution is 7.92. The Hall–Kier alpha value is -2.81. The molecule has 1 aromatic carbocycles. The molecule has 0 radical (unpaired) electrons. The number of halogens is 1. The molecular weight excluding hydrogens is 321 g/mol. The Kier molecular flexibility index (Phi) is 3.78. The molecule has 1 N–H and O–H groups in total. The minimum absolute atomic E-state index is 0.172. The first-order valence-electron chi connectivity index (χ1n) is 6.56. The monoisotopic (exact) mass is 333 g/mol. The zero-order valence-electron chi connectivity index (χ0n) is 12.0. The van der Waals surface area contributed by atoms with Crippen LogP contribution in [0.2, 0.25) is 0 Å². The number of hydrogen-bond acceptors (Lipinski definition) is 5. The number of hydrogen-bond donors (Lipinski definition) is 1. The summed E-state index contributed by atoms with van der Waals surface area (Å²) in [5, 5.41) is 3.92. The summed E-state index contributed by atoms with van der Waals surface area (Å²) in [5.74, 6) is -0.322. The third-order valence-electron chi connectivity index (χ3n) is 3.12. The maximum absolute atomic E-state index is 13.6. The smallest absolute Gasteiger partial charge is 0.262 e. The van der Waals surface area contributed by atoms with Crippen molar-refractivity contribution in [2.75, 3.05) is 4.72 Å². The van der Waals surface area contributed by atoms with Crippen LogP contribution in [0, 0.1) is 12.7 Å². The van der Waals surface area contributed by atoms with Gasteiger partial charge in [-0.2, -0.15) is 5.10 Å². The van der Waals surface area contributed by atoms with Crippen molar-refractivity contribution in [2.24, 2.45) is 0 Å². The number of rotatable bonds is 4. The Morgan fingerprint density at radius 1 is 1.26 bits per heavy atom. The molecule has 9 heteroatoms. The number of aryl methyl sites for hydroxylation is 1. The van der Waals surface area contributed by atoms with E-state index in [0.29, 0.717) is 5.56 Å². The SMILES string of the molecule is Cc1ccc(S(=O)(=O)Nc2cccnc2-n2cncn2)cc1F. The fourth-order valence-electron chi connectivity index (χ4n) is 1.92. The van der Waals surface area contributed by atoms with Gasteiger partial charge in [0.25, 0.3) is 10.0 Å². The van der Waals surface area contributed by atoms with Gasteiger partial charge < -0.3 is 0 Å². The summed E-state index contributed by atoms with van der Waals surface area (Å²) in [6, 6.07) is 6.83. The Bertz CT molecular complexity index is 942. The molecule has 118 valence electrons. The molecule has 0 amide bonds. The predicted octanol–water partition coefficient (Wildman–Crippen LogP) is 1.91. The van der Waals surface area contributed by atoms with Crippen LogP contribution in [0.25, 0.3) is 5.82 Å². The average molecular weight is 333 g/mol. The summed E-state index contributed by atoms with van der Waals surface area (Å²) >= 11 is 0. The molecule has 2 aromatic heterocycles. The third kappa shape index (κ3) is 3.04. The van der Waals surface area contributed by atoms with E-state index in [1.165, 1.54) is 41.7 Å². The molecule has 0 atom stereocenters. The van der Waals surface area contributed by atoms with Crippen LogP contribution < -0.4 is 4.72 Å². The van der Waals surface area contributed by atoms with E-state index >= 15 is 0 Å². The van der Waals surface area contributed by atoms with Gasteiger partial charge in [0.1, 0.15) is 18.5 Å². The van der Waals surface area contributed by atoms with Crippen molar-refractivity contribution in [3.63, 3.8) is 0 Å². The van der Waals surface area contributed by atoms with E-state index in [1.807, 2.05) is 0 Å². The molecule has 0 bridgehead atoms. The first-order valence-corrected chi connectivity index (χ1v) is 8.05. The Balaban J connectivity index is 2.00. The number of benzene rings is 1. The quantitative estimate of drug-likeness (QED) is 0.788. The molecule has 0 spiro atoms. The highest BCUT2D eigenvalue weighted by Crippen LogP contribution is 2.21. The molecule has 0 aliphatic heterocycles. The standard InChI is InChI=1S/C14H12FN5O2S/c1-10-4-5-11(7-12(10)15)23(21,22)19-13-3-2-6-17-14(13)20-9-16-8-18-20/h2-9,19H,1H3. The maximum Gasteiger partial charge on any atom is 0.262 e. The summed E-state index contributed by atoms with van der Waals surface area (Å²) in [6.45, 7) is 1.56. The lowest BCUT2D eigenvalue weighted by molar-refractivity contribution is 0.593. The van der Waals surface area contributed by atoms with Gasteiger partial charge in [-0.1, -0.05) is 6.07 Å². The van der Waals surface area contributed by atoms with Gasteiger partial charge >= 0.3 is 0 Å². The van der Waals surface area contributed by atoms with Crippen LogP contribution in [-0.2, 0) is 10.0 Å². The van der Waals surface area contributed by atoms with E-state index in [1.54, 1.807) is 13.0 Å². The molecule has 0 saturated heterocycles. The third-order valence-corrected chi connectivity index (χ3v) is 4.48. The first kappa shape index (κ1) is 15.1. The summed E-state index contributed by atoms with van der Waals surface area (Å²) in [7, 11) is -3.96. The molecule has 0 aliphatic rings. The summed E-state index contributed by atoms with van der Waals surface area (Å²) in [6.07, 6.45) is 4.20. The zero-order valence-corrected chi connectivity index (χ0v) is 12.8. The van der Waals surface area contributed by atoms with E-state index in [-0.39, 0.29) is 16.4 Å². The normalized spacial score (nSPS) is 11.4. The van der Waals surface area contributed by atoms with Gasteiger partial charge in [-0.05, 0) is 36.8 Å². The molecule has 2 heterocycles. The van der Waals surface area contributed by atoms with Crippen molar-refractivity contribution in [2.45, 2.75) is 11.8 Å². The minimum Gasteiger partial charge on any atom is -0.276 e. The number of nitrogens with one attached hydrogen (secondary N) is 1. The van der Waals surface area contributed by atoms with Crippen molar-refractivity contribution >= 4 is 15.7 Å². The fourth-order valence-corrected chi connectivity index (χ4v) is 2.99. The zero-order chi connectivity index (χ0) is 16.4. The van der Waals surface area contributed by atoms with Gasteiger partial charge in [0.15, 0.2) is 5.82 Å². The highest BCUT2D eigenvalue weighted by atomic mass is 32.2. The minimum atomic E-state index is -3.96. The van der Waals surface area contributed by atoms with Gasteiger partial charge in [-0.3, -0.25) is 4.72 Å². The number of sulfonamides is 1. The second kappa shape index (κ2) is 5.76. The predicted molar refractivity (Wildman–Crippen MR) is 81.1 cm³/mol. The van der Waals surface area contributed by atoms with E-state index < -0.39 is 15.8 Å². The number of anilines is 1. The molecule has 0 aliphatic carbocycles. The number of nitrogens with zero attached hydrogens (tertiary/aromatic N) is 4. The van der Waals surface area contributed by atoms with Gasteiger partial charge in [0.2, 0.25) is 0 Å². The molecule has 23 heavy (non-hydrogen) atoms. The summed E-state index contributed by atoms with van der Waals surface area (Å²) in [5.41, 5.74) is 0.576. The highest BCUT2D eigenvalue weighted by Gasteiger charge is 2.18. The van der Waals surface area contributed by atoms with Crippen LogP contribution in [0.5, 0.6) is 0 Å².